The Morgan fingerprint density at radius 2 is 2.11 bits per heavy atom. The Hall–Kier alpha value is -2.43. The van der Waals surface area contributed by atoms with Gasteiger partial charge in [0.1, 0.15) is 0 Å². The van der Waals surface area contributed by atoms with Crippen molar-refractivity contribution in [1.82, 2.24) is 19.7 Å². The minimum absolute atomic E-state index is 0.634. The molecule has 0 atom stereocenters. The lowest BCUT2D eigenvalue weighted by Gasteiger charge is -2.05. The monoisotopic (exact) mass is 239 g/mol. The predicted molar refractivity (Wildman–Crippen MR) is 70.1 cm³/mol. The molecule has 2 aromatic heterocycles. The van der Waals surface area contributed by atoms with Crippen LogP contribution in [0, 0.1) is 0 Å². The first-order chi connectivity index (χ1) is 8.83. The highest BCUT2D eigenvalue weighted by molar-refractivity contribution is 5.78. The molecule has 5 heteroatoms. The molecule has 5 nitrogen and oxygen atoms in total. The van der Waals surface area contributed by atoms with Gasteiger partial charge in [-0.1, -0.05) is 18.2 Å². The molecule has 2 heterocycles. The summed E-state index contributed by atoms with van der Waals surface area (Å²) in [5, 5.41) is 8.36. The number of nitrogens with zero attached hydrogens (tertiary/aromatic N) is 4. The SMILES string of the molecule is Cn1nccc1CNc1ncc2ccccc2n1. The Kier molecular flexibility index (Phi) is 2.64. The summed E-state index contributed by atoms with van der Waals surface area (Å²) in [6, 6.07) is 9.90. The van der Waals surface area contributed by atoms with Crippen LogP contribution >= 0.6 is 0 Å². The summed E-state index contributed by atoms with van der Waals surface area (Å²) in [6.07, 6.45) is 3.60. The molecule has 0 amide bonds. The fraction of sp³-hybridized carbons (Fsp3) is 0.154. The Bertz CT molecular complexity index is 674. The molecule has 0 aliphatic heterocycles. The first-order valence-corrected chi connectivity index (χ1v) is 5.75. The van der Waals surface area contributed by atoms with Crippen LogP contribution in [0.4, 0.5) is 5.95 Å². The van der Waals surface area contributed by atoms with E-state index in [1.165, 1.54) is 0 Å². The summed E-state index contributed by atoms with van der Waals surface area (Å²) < 4.78 is 1.83. The minimum Gasteiger partial charge on any atom is -0.349 e. The zero-order valence-corrected chi connectivity index (χ0v) is 10.0. The first-order valence-electron chi connectivity index (χ1n) is 5.75. The van der Waals surface area contributed by atoms with Crippen molar-refractivity contribution in [2.24, 2.45) is 7.05 Å². The van der Waals surface area contributed by atoms with E-state index in [0.717, 1.165) is 16.6 Å². The van der Waals surface area contributed by atoms with E-state index in [9.17, 15) is 0 Å². The van der Waals surface area contributed by atoms with E-state index in [2.05, 4.69) is 20.4 Å². The third-order valence-corrected chi connectivity index (χ3v) is 2.84. The van der Waals surface area contributed by atoms with Gasteiger partial charge in [-0.15, -0.1) is 0 Å². The molecule has 1 aromatic carbocycles. The van der Waals surface area contributed by atoms with Gasteiger partial charge < -0.3 is 5.32 Å². The third kappa shape index (κ3) is 2.02. The maximum atomic E-state index is 4.45. The highest BCUT2D eigenvalue weighted by Gasteiger charge is 2.01. The van der Waals surface area contributed by atoms with Crippen LogP contribution in [0.25, 0.3) is 10.9 Å². The maximum Gasteiger partial charge on any atom is 0.223 e. The van der Waals surface area contributed by atoms with E-state index in [4.69, 9.17) is 0 Å². The molecule has 0 unspecified atom stereocenters. The number of rotatable bonds is 3. The van der Waals surface area contributed by atoms with Crippen molar-refractivity contribution in [3.05, 3.63) is 48.4 Å². The van der Waals surface area contributed by atoms with Gasteiger partial charge >= 0.3 is 0 Å². The number of hydrogen-bond acceptors (Lipinski definition) is 4. The van der Waals surface area contributed by atoms with Crippen molar-refractivity contribution in [3.8, 4) is 0 Å². The van der Waals surface area contributed by atoms with E-state index in [1.54, 1.807) is 6.20 Å². The second kappa shape index (κ2) is 4.44. The van der Waals surface area contributed by atoms with Crippen LogP contribution in [0.1, 0.15) is 5.69 Å². The highest BCUT2D eigenvalue weighted by atomic mass is 15.3. The molecule has 90 valence electrons. The van der Waals surface area contributed by atoms with Gasteiger partial charge in [0, 0.05) is 24.8 Å². The van der Waals surface area contributed by atoms with Gasteiger partial charge in [-0.2, -0.15) is 5.10 Å². The predicted octanol–water partition coefficient (Wildman–Crippen LogP) is 1.98. The number of hydrogen-bond donors (Lipinski definition) is 1. The molecule has 3 rings (SSSR count). The van der Waals surface area contributed by atoms with E-state index >= 15 is 0 Å². The van der Waals surface area contributed by atoms with Gasteiger partial charge in [0.15, 0.2) is 0 Å². The molecule has 1 N–H and O–H groups in total. The number of nitrogens with one attached hydrogen (secondary N) is 1. The van der Waals surface area contributed by atoms with Gasteiger partial charge in [-0.3, -0.25) is 4.68 Å². The van der Waals surface area contributed by atoms with E-state index in [1.807, 2.05) is 48.3 Å². The number of benzene rings is 1. The Labute approximate surface area is 104 Å². The topological polar surface area (TPSA) is 55.6 Å². The molecule has 0 saturated heterocycles. The summed E-state index contributed by atoms with van der Waals surface area (Å²) in [7, 11) is 1.91. The molecule has 0 aliphatic carbocycles. The second-order valence-electron chi connectivity index (χ2n) is 4.05. The van der Waals surface area contributed by atoms with Crippen LogP contribution < -0.4 is 5.32 Å². The van der Waals surface area contributed by atoms with Crippen LogP contribution in [0.2, 0.25) is 0 Å². The van der Waals surface area contributed by atoms with Crippen molar-refractivity contribution in [1.29, 1.82) is 0 Å². The van der Waals surface area contributed by atoms with Gasteiger partial charge in [-0.25, -0.2) is 9.97 Å². The maximum absolute atomic E-state index is 4.45. The molecule has 0 aliphatic rings. The Balaban J connectivity index is 1.81. The zero-order valence-electron chi connectivity index (χ0n) is 10.0. The summed E-state index contributed by atoms with van der Waals surface area (Å²) in [6.45, 7) is 0.662. The van der Waals surface area contributed by atoms with Crippen LogP contribution in [0.5, 0.6) is 0 Å². The molecule has 3 aromatic rings. The van der Waals surface area contributed by atoms with Crippen molar-refractivity contribution in [3.63, 3.8) is 0 Å². The summed E-state index contributed by atoms with van der Waals surface area (Å²) in [5.41, 5.74) is 2.03. The summed E-state index contributed by atoms with van der Waals surface area (Å²) in [5.74, 6) is 0.634. The number of aryl methyl sites for hydroxylation is 1. The van der Waals surface area contributed by atoms with Crippen molar-refractivity contribution >= 4 is 16.9 Å². The molecule has 0 bridgehead atoms. The number of para-hydroxylation sites is 1. The molecule has 18 heavy (non-hydrogen) atoms. The quantitative estimate of drug-likeness (QED) is 0.759. The second-order valence-corrected chi connectivity index (χ2v) is 4.05. The normalized spacial score (nSPS) is 10.7. The van der Waals surface area contributed by atoms with Crippen LogP contribution in [0.15, 0.2) is 42.7 Å². The smallest absolute Gasteiger partial charge is 0.223 e. The molecular weight excluding hydrogens is 226 g/mol. The lowest BCUT2D eigenvalue weighted by atomic mass is 10.2. The van der Waals surface area contributed by atoms with Crippen molar-refractivity contribution in [2.75, 3.05) is 5.32 Å². The molecular formula is C13H13N5. The average molecular weight is 239 g/mol. The summed E-state index contributed by atoms with van der Waals surface area (Å²) >= 11 is 0. The van der Waals surface area contributed by atoms with Gasteiger partial charge in [0.2, 0.25) is 5.95 Å². The van der Waals surface area contributed by atoms with Gasteiger partial charge in [0.05, 0.1) is 17.8 Å². The van der Waals surface area contributed by atoms with E-state index in [0.29, 0.717) is 12.5 Å². The lowest BCUT2D eigenvalue weighted by Crippen LogP contribution is -2.07. The first kappa shape index (κ1) is 10.7. The molecule has 0 fully saturated rings. The highest BCUT2D eigenvalue weighted by Crippen LogP contribution is 2.12. The third-order valence-electron chi connectivity index (χ3n) is 2.84. The zero-order chi connectivity index (χ0) is 12.4. The largest absolute Gasteiger partial charge is 0.349 e. The fourth-order valence-corrected chi connectivity index (χ4v) is 1.80. The molecule has 0 saturated carbocycles. The lowest BCUT2D eigenvalue weighted by molar-refractivity contribution is 0.719. The van der Waals surface area contributed by atoms with E-state index < -0.39 is 0 Å². The van der Waals surface area contributed by atoms with Crippen molar-refractivity contribution in [2.45, 2.75) is 6.54 Å². The Morgan fingerprint density at radius 3 is 2.94 bits per heavy atom. The van der Waals surface area contributed by atoms with E-state index in [-0.39, 0.29) is 0 Å². The minimum atomic E-state index is 0.634. The Morgan fingerprint density at radius 1 is 1.22 bits per heavy atom. The van der Waals surface area contributed by atoms with Crippen LogP contribution in [0.3, 0.4) is 0 Å². The molecule has 0 radical (unpaired) electrons. The average Bonchev–Trinajstić information content (AvgIpc) is 2.82. The van der Waals surface area contributed by atoms with Crippen molar-refractivity contribution < 1.29 is 0 Å². The summed E-state index contributed by atoms with van der Waals surface area (Å²) in [4.78, 5) is 8.74. The molecule has 0 spiro atoms. The van der Waals surface area contributed by atoms with Gasteiger partial charge in [-0.05, 0) is 12.1 Å². The van der Waals surface area contributed by atoms with Crippen LogP contribution in [-0.4, -0.2) is 19.7 Å². The number of anilines is 1. The van der Waals surface area contributed by atoms with Gasteiger partial charge in [0.25, 0.3) is 0 Å². The van der Waals surface area contributed by atoms with Crippen LogP contribution in [-0.2, 0) is 13.6 Å². The number of aromatic nitrogens is 4. The standard InChI is InChI=1S/C13H13N5/c1-18-11(6-7-16-18)9-15-13-14-8-10-4-2-3-5-12(10)17-13/h2-8H,9H2,1H3,(H,14,15,17). The fourth-order valence-electron chi connectivity index (χ4n) is 1.80. The number of fused-ring (bicyclic) bond motifs is 1.